The molecule has 0 saturated carbocycles. The fraction of sp³-hybridized carbons (Fsp3) is 0.522. The number of anilines is 1. The number of hydrogen-bond donors (Lipinski definition) is 2. The first-order chi connectivity index (χ1) is 16.5. The van der Waals surface area contributed by atoms with Gasteiger partial charge in [-0.2, -0.15) is 0 Å². The van der Waals surface area contributed by atoms with Gasteiger partial charge in [0.25, 0.3) is 5.56 Å². The van der Waals surface area contributed by atoms with Crippen molar-refractivity contribution in [2.75, 3.05) is 11.9 Å². The first kappa shape index (κ1) is 23.1. The minimum Gasteiger partial charge on any atom is -0.462 e. The number of nitrogens with zero attached hydrogens (tertiary/aromatic N) is 3. The predicted octanol–water partition coefficient (Wildman–Crippen LogP) is 3.53. The van der Waals surface area contributed by atoms with E-state index in [0.717, 1.165) is 68.2 Å². The number of aromatic amines is 1. The molecule has 0 radical (unpaired) electrons. The third kappa shape index (κ3) is 4.15. The number of carbonyl (C=O) groups excluding carboxylic acids is 2. The molecule has 34 heavy (non-hydrogen) atoms. The molecule has 2 N–H and O–H groups in total. The quantitative estimate of drug-likeness (QED) is 0.301. The first-order valence-electron chi connectivity index (χ1n) is 11.8. The van der Waals surface area contributed by atoms with E-state index in [2.05, 4.69) is 20.5 Å². The second-order valence-electron chi connectivity index (χ2n) is 8.61. The average Bonchev–Trinajstić information content (AvgIpc) is 3.48. The highest BCUT2D eigenvalue weighted by atomic mass is 32.2. The summed E-state index contributed by atoms with van der Waals surface area (Å²) in [5.74, 6) is -0.197. The maximum Gasteiger partial charge on any atom is 0.341 e. The van der Waals surface area contributed by atoms with Crippen molar-refractivity contribution in [2.45, 2.75) is 75.6 Å². The van der Waals surface area contributed by atoms with Crippen LogP contribution in [0.2, 0.25) is 0 Å². The van der Waals surface area contributed by atoms with Gasteiger partial charge in [-0.25, -0.2) is 4.79 Å². The molecule has 11 heteroatoms. The molecule has 0 bridgehead atoms. The number of thioether (sulfide) groups is 1. The lowest BCUT2D eigenvalue weighted by atomic mass is 10.1. The van der Waals surface area contributed by atoms with E-state index in [1.54, 1.807) is 13.8 Å². The van der Waals surface area contributed by atoms with Crippen molar-refractivity contribution in [3.8, 4) is 0 Å². The molecule has 5 rings (SSSR count). The second kappa shape index (κ2) is 9.53. The molecule has 180 valence electrons. The van der Waals surface area contributed by atoms with Crippen molar-refractivity contribution in [3.05, 3.63) is 37.6 Å². The predicted molar refractivity (Wildman–Crippen MR) is 131 cm³/mol. The summed E-state index contributed by atoms with van der Waals surface area (Å²) >= 11 is 2.77. The molecule has 0 spiro atoms. The Morgan fingerprint density at radius 2 is 1.94 bits per heavy atom. The van der Waals surface area contributed by atoms with Crippen LogP contribution in [0.25, 0.3) is 5.78 Å². The van der Waals surface area contributed by atoms with Gasteiger partial charge in [-0.05, 0) is 64.4 Å². The molecular formula is C23H27N5O4S2. The van der Waals surface area contributed by atoms with Crippen molar-refractivity contribution >= 4 is 45.8 Å². The average molecular weight is 502 g/mol. The van der Waals surface area contributed by atoms with Gasteiger partial charge in [-0.15, -0.1) is 21.5 Å². The number of nitrogens with one attached hydrogen (secondary N) is 2. The van der Waals surface area contributed by atoms with E-state index in [9.17, 15) is 14.4 Å². The van der Waals surface area contributed by atoms with Gasteiger partial charge in [0.15, 0.2) is 5.16 Å². The van der Waals surface area contributed by atoms with Crippen LogP contribution in [0.3, 0.4) is 0 Å². The highest BCUT2D eigenvalue weighted by Crippen LogP contribution is 2.38. The van der Waals surface area contributed by atoms with Crippen molar-refractivity contribution < 1.29 is 14.3 Å². The Kier molecular flexibility index (Phi) is 6.48. The normalized spacial score (nSPS) is 16.1. The van der Waals surface area contributed by atoms with Crippen molar-refractivity contribution in [2.24, 2.45) is 0 Å². The van der Waals surface area contributed by atoms with Crippen molar-refractivity contribution in [3.63, 3.8) is 0 Å². The van der Waals surface area contributed by atoms with Crippen molar-refractivity contribution in [1.82, 2.24) is 19.6 Å². The van der Waals surface area contributed by atoms with Crippen LogP contribution < -0.4 is 10.9 Å². The Bertz CT molecular complexity index is 1330. The zero-order chi connectivity index (χ0) is 23.8. The molecule has 0 aliphatic heterocycles. The topological polar surface area (TPSA) is 118 Å². The number of ether oxygens (including phenoxy) is 1. The number of amides is 1. The summed E-state index contributed by atoms with van der Waals surface area (Å²) in [5.41, 5.74) is 3.12. The lowest BCUT2D eigenvalue weighted by Crippen LogP contribution is -2.24. The number of rotatable bonds is 6. The Hall–Kier alpha value is -2.66. The number of H-pyrrole nitrogens is 1. The first-order valence-corrected chi connectivity index (χ1v) is 13.5. The summed E-state index contributed by atoms with van der Waals surface area (Å²) in [6, 6.07) is 0. The number of hydrogen-bond acceptors (Lipinski definition) is 8. The molecular weight excluding hydrogens is 474 g/mol. The molecule has 3 aromatic heterocycles. The number of thiophene rings is 1. The molecule has 3 aromatic rings. The Balaban J connectivity index is 1.40. The molecule has 1 amide bonds. The number of fused-ring (bicyclic) bond motifs is 4. The van der Waals surface area contributed by atoms with Crippen LogP contribution >= 0.6 is 23.1 Å². The third-order valence-corrected chi connectivity index (χ3v) is 8.63. The molecule has 9 nitrogen and oxygen atoms in total. The lowest BCUT2D eigenvalue weighted by Gasteiger charge is -2.12. The van der Waals surface area contributed by atoms with Gasteiger partial charge in [0, 0.05) is 16.1 Å². The molecule has 0 aromatic carbocycles. The van der Waals surface area contributed by atoms with Gasteiger partial charge in [0.2, 0.25) is 11.7 Å². The van der Waals surface area contributed by atoms with Crippen LogP contribution in [0.1, 0.15) is 71.6 Å². The second-order valence-corrected chi connectivity index (χ2v) is 11.0. The summed E-state index contributed by atoms with van der Waals surface area (Å²) in [6.45, 7) is 3.87. The fourth-order valence-corrected chi connectivity index (χ4v) is 6.89. The van der Waals surface area contributed by atoms with Crippen LogP contribution in [0.4, 0.5) is 5.00 Å². The van der Waals surface area contributed by atoms with Gasteiger partial charge in [0.05, 0.1) is 17.4 Å². The fourth-order valence-electron chi connectivity index (χ4n) is 4.74. The van der Waals surface area contributed by atoms with E-state index in [-0.39, 0.29) is 24.0 Å². The summed E-state index contributed by atoms with van der Waals surface area (Å²) in [4.78, 5) is 42.2. The highest BCUT2D eigenvalue weighted by molar-refractivity contribution is 8.00. The smallest absolute Gasteiger partial charge is 0.341 e. The Morgan fingerprint density at radius 1 is 1.15 bits per heavy atom. The zero-order valence-corrected chi connectivity index (χ0v) is 20.9. The van der Waals surface area contributed by atoms with E-state index >= 15 is 0 Å². The van der Waals surface area contributed by atoms with Crippen LogP contribution in [-0.4, -0.2) is 43.3 Å². The summed E-state index contributed by atoms with van der Waals surface area (Å²) in [7, 11) is 0. The van der Waals surface area contributed by atoms with Gasteiger partial charge < -0.3 is 10.1 Å². The number of aryl methyl sites for hydroxylation is 2. The Morgan fingerprint density at radius 3 is 2.76 bits per heavy atom. The molecule has 2 aliphatic carbocycles. The maximum absolute atomic E-state index is 13.2. The van der Waals surface area contributed by atoms with E-state index < -0.39 is 5.25 Å². The molecule has 3 heterocycles. The van der Waals surface area contributed by atoms with Gasteiger partial charge in [-0.3, -0.25) is 19.0 Å². The van der Waals surface area contributed by atoms with Crippen LogP contribution in [0.5, 0.6) is 0 Å². The molecule has 0 saturated heterocycles. The lowest BCUT2D eigenvalue weighted by molar-refractivity contribution is -0.115. The molecule has 0 fully saturated rings. The monoisotopic (exact) mass is 501 g/mol. The minimum atomic E-state index is -0.492. The molecule has 1 unspecified atom stereocenters. The maximum atomic E-state index is 13.2. The third-order valence-electron chi connectivity index (χ3n) is 6.38. The number of aromatic nitrogens is 4. The number of esters is 1. The van der Waals surface area contributed by atoms with Gasteiger partial charge >= 0.3 is 5.97 Å². The van der Waals surface area contributed by atoms with Gasteiger partial charge in [0.1, 0.15) is 5.00 Å². The van der Waals surface area contributed by atoms with Crippen LogP contribution in [0, 0.1) is 0 Å². The minimum absolute atomic E-state index is 0.112. The largest absolute Gasteiger partial charge is 0.462 e. The number of carbonyl (C=O) groups is 2. The molecule has 1 atom stereocenters. The summed E-state index contributed by atoms with van der Waals surface area (Å²) in [5, 5.41) is 12.0. The summed E-state index contributed by atoms with van der Waals surface area (Å²) in [6.07, 6.45) is 7.43. The van der Waals surface area contributed by atoms with Crippen molar-refractivity contribution in [1.29, 1.82) is 0 Å². The molecule has 2 aliphatic rings. The van der Waals surface area contributed by atoms with E-state index in [4.69, 9.17) is 4.74 Å². The van der Waals surface area contributed by atoms with E-state index in [1.807, 2.05) is 4.40 Å². The zero-order valence-electron chi connectivity index (χ0n) is 19.2. The van der Waals surface area contributed by atoms with E-state index in [1.165, 1.54) is 28.0 Å². The highest BCUT2D eigenvalue weighted by Gasteiger charge is 2.29. The van der Waals surface area contributed by atoms with Gasteiger partial charge in [-0.1, -0.05) is 18.2 Å². The SMILES string of the molecule is CCOC(=O)c1c(NC(=O)C(C)Sc2nnc3[nH]c(=O)c4c(n23)CCC4)sc2c1CCCCC2. The van der Waals surface area contributed by atoms with Crippen LogP contribution in [0.15, 0.2) is 9.95 Å². The summed E-state index contributed by atoms with van der Waals surface area (Å²) < 4.78 is 7.18. The van der Waals surface area contributed by atoms with Crippen LogP contribution in [-0.2, 0) is 35.2 Å². The standard InChI is InChI=1S/C23H27N5O4S2/c1-3-32-21(31)17-14-8-5-4-6-11-16(14)34-20(17)24-18(29)12(2)33-23-27-26-22-25-19(30)13-9-7-10-15(13)28(22)23/h12H,3-11H2,1-2H3,(H,24,29)(H,25,26,30). The van der Waals surface area contributed by atoms with E-state index in [0.29, 0.717) is 21.5 Å². The Labute approximate surface area is 204 Å².